The highest BCUT2D eigenvalue weighted by atomic mass is 35.5. The van der Waals surface area contributed by atoms with E-state index in [1.165, 1.54) is 42.3 Å². The molecular formula is C25H23ClN6O8S. The molecule has 0 fully saturated rings. The third-order valence-corrected chi connectivity index (χ3v) is 7.14. The first-order valence-corrected chi connectivity index (χ1v) is 12.9. The fraction of sp³-hybridized carbons (Fsp3) is 0.280. The van der Waals surface area contributed by atoms with Crippen LogP contribution in [0.5, 0.6) is 0 Å². The summed E-state index contributed by atoms with van der Waals surface area (Å²) in [5.74, 6) is -0.632. The predicted octanol–water partition coefficient (Wildman–Crippen LogP) is 1.33. The number of aliphatic hydroxyl groups excluding tert-OH is 1. The Labute approximate surface area is 241 Å². The number of halogens is 1. The number of terminal acetylenes is 1. The number of rotatable bonds is 12. The Morgan fingerprint density at radius 1 is 1.29 bits per heavy atom. The van der Waals surface area contributed by atoms with Crippen molar-refractivity contribution in [1.29, 1.82) is 0 Å². The van der Waals surface area contributed by atoms with E-state index in [9.17, 15) is 30.0 Å². The van der Waals surface area contributed by atoms with Crippen LogP contribution in [-0.4, -0.2) is 82.3 Å². The van der Waals surface area contributed by atoms with Gasteiger partial charge in [0.05, 0.1) is 29.7 Å². The maximum atomic E-state index is 12.8. The summed E-state index contributed by atoms with van der Waals surface area (Å²) in [6.45, 7) is -0.665. The SMILES string of the molecule is C#C[C@@](O)([C@@H](COC(Cc1cccc(C(=O)O)c1)(C(=O)O)c1cscn1)OC)[C@@H](O)n1cnc2c(N)nc(Cl)nc21. The number of carboxylic acids is 2. The van der Waals surface area contributed by atoms with Crippen molar-refractivity contribution >= 4 is 51.9 Å². The van der Waals surface area contributed by atoms with Gasteiger partial charge >= 0.3 is 11.9 Å². The molecule has 4 aromatic rings. The zero-order valence-corrected chi connectivity index (χ0v) is 22.8. The highest BCUT2D eigenvalue weighted by molar-refractivity contribution is 7.07. The van der Waals surface area contributed by atoms with Crippen LogP contribution in [0.15, 0.2) is 41.5 Å². The number of aliphatic carboxylic acids is 1. The molecule has 0 amide bonds. The number of aliphatic hydroxyl groups is 2. The number of aromatic nitrogens is 5. The number of methoxy groups -OCH3 is 1. The van der Waals surface area contributed by atoms with Gasteiger partial charge in [0.25, 0.3) is 0 Å². The molecule has 14 nitrogen and oxygen atoms in total. The smallest absolute Gasteiger partial charge is 0.342 e. The van der Waals surface area contributed by atoms with Gasteiger partial charge in [-0.15, -0.1) is 17.8 Å². The second-order valence-electron chi connectivity index (χ2n) is 8.77. The summed E-state index contributed by atoms with van der Waals surface area (Å²) in [6.07, 6.45) is 2.94. The molecule has 41 heavy (non-hydrogen) atoms. The van der Waals surface area contributed by atoms with E-state index in [2.05, 4.69) is 25.9 Å². The minimum absolute atomic E-state index is 0.0118. The minimum Gasteiger partial charge on any atom is -0.479 e. The molecule has 1 unspecified atom stereocenters. The van der Waals surface area contributed by atoms with Crippen molar-refractivity contribution in [3.63, 3.8) is 0 Å². The Morgan fingerprint density at radius 3 is 2.66 bits per heavy atom. The molecule has 0 aliphatic heterocycles. The lowest BCUT2D eigenvalue weighted by molar-refractivity contribution is -0.196. The standard InChI is InChI=1S/C25H23ClN6O8S/c1-3-24(38,21(35)32-11-28-17-18(27)30-23(26)31-19(17)32)16(39-2)9-40-25(22(36)37,15-10-41-12-29-15)8-13-5-4-6-14(7-13)20(33)34/h1,4-7,10-12,16,21,35,38H,8-9H2,2H3,(H,33,34)(H,36,37)(H2,27,30,31)/t16-,21-,24-,25?/m1/s1. The maximum Gasteiger partial charge on any atom is 0.342 e. The molecular weight excluding hydrogens is 580 g/mol. The van der Waals surface area contributed by atoms with Gasteiger partial charge in [-0.25, -0.2) is 19.6 Å². The summed E-state index contributed by atoms with van der Waals surface area (Å²) in [5, 5.41) is 43.7. The lowest BCUT2D eigenvalue weighted by Gasteiger charge is -2.37. The van der Waals surface area contributed by atoms with Gasteiger partial charge in [-0.05, 0) is 29.3 Å². The average molecular weight is 603 g/mol. The average Bonchev–Trinajstić information content (AvgIpc) is 3.63. The number of fused-ring (bicyclic) bond motifs is 1. The molecule has 6 N–H and O–H groups in total. The van der Waals surface area contributed by atoms with Crippen LogP contribution in [-0.2, 0) is 26.3 Å². The van der Waals surface area contributed by atoms with Crippen LogP contribution in [0.3, 0.4) is 0 Å². The molecule has 4 rings (SSSR count). The van der Waals surface area contributed by atoms with Crippen LogP contribution in [0.25, 0.3) is 11.2 Å². The summed E-state index contributed by atoms with van der Waals surface area (Å²) >= 11 is 7.02. The third kappa shape index (κ3) is 5.57. The van der Waals surface area contributed by atoms with E-state index < -0.39 is 42.1 Å². The molecule has 0 radical (unpaired) electrons. The summed E-state index contributed by atoms with van der Waals surface area (Å²) in [5.41, 5.74) is 2.84. The van der Waals surface area contributed by atoms with Crippen LogP contribution >= 0.6 is 22.9 Å². The van der Waals surface area contributed by atoms with E-state index in [1.807, 2.05) is 0 Å². The molecule has 0 bridgehead atoms. The molecule has 16 heteroatoms. The number of carboxylic acid groups (broad SMARTS) is 2. The third-order valence-electron chi connectivity index (χ3n) is 6.38. The van der Waals surface area contributed by atoms with Crippen LogP contribution in [0.1, 0.15) is 27.8 Å². The number of hydrogen-bond donors (Lipinski definition) is 5. The summed E-state index contributed by atoms with van der Waals surface area (Å²) < 4.78 is 12.4. The second kappa shape index (κ2) is 11.7. The van der Waals surface area contributed by atoms with E-state index in [4.69, 9.17) is 33.2 Å². The molecule has 3 heterocycles. The number of anilines is 1. The first-order chi connectivity index (χ1) is 19.5. The molecule has 0 saturated heterocycles. The van der Waals surface area contributed by atoms with Crippen molar-refractivity contribution in [3.05, 3.63) is 63.6 Å². The molecule has 0 aliphatic rings. The van der Waals surface area contributed by atoms with Gasteiger partial charge in [-0.1, -0.05) is 18.1 Å². The second-order valence-corrected chi connectivity index (χ2v) is 9.83. The molecule has 0 saturated carbocycles. The summed E-state index contributed by atoms with van der Waals surface area (Å²) in [4.78, 5) is 40.2. The van der Waals surface area contributed by atoms with Gasteiger partial charge in [-0.2, -0.15) is 9.97 Å². The van der Waals surface area contributed by atoms with E-state index in [0.29, 0.717) is 5.56 Å². The Hall–Kier alpha value is -4.17. The monoisotopic (exact) mass is 602 g/mol. The van der Waals surface area contributed by atoms with Gasteiger partial charge in [0.2, 0.25) is 10.9 Å². The minimum atomic E-state index is -2.54. The lowest BCUT2D eigenvalue weighted by Crippen LogP contribution is -2.53. The number of nitrogens with two attached hydrogens (primary N) is 1. The maximum absolute atomic E-state index is 12.8. The van der Waals surface area contributed by atoms with Gasteiger partial charge in [-0.3, -0.25) is 4.57 Å². The fourth-order valence-corrected chi connectivity index (χ4v) is 4.99. The fourth-order valence-electron chi connectivity index (χ4n) is 4.20. The number of ether oxygens (including phenoxy) is 2. The van der Waals surface area contributed by atoms with Crippen molar-refractivity contribution in [2.75, 3.05) is 19.5 Å². The van der Waals surface area contributed by atoms with Gasteiger partial charge in [0.15, 0.2) is 23.3 Å². The normalized spacial score (nSPS) is 15.9. The first-order valence-electron chi connectivity index (χ1n) is 11.6. The molecule has 4 atom stereocenters. The summed E-state index contributed by atoms with van der Waals surface area (Å²) in [7, 11) is 1.17. The number of thiazole rings is 1. The highest BCUT2D eigenvalue weighted by Crippen LogP contribution is 2.35. The summed E-state index contributed by atoms with van der Waals surface area (Å²) in [6, 6.07) is 5.68. The van der Waals surface area contributed by atoms with Crippen molar-refractivity contribution < 1.29 is 39.5 Å². The van der Waals surface area contributed by atoms with E-state index >= 15 is 0 Å². The van der Waals surface area contributed by atoms with E-state index in [-0.39, 0.29) is 39.9 Å². The first kappa shape index (κ1) is 29.8. The Bertz CT molecular complexity index is 1630. The van der Waals surface area contributed by atoms with Gasteiger partial charge in [0, 0.05) is 18.9 Å². The van der Waals surface area contributed by atoms with Crippen LogP contribution < -0.4 is 5.73 Å². The number of benzene rings is 1. The molecule has 0 spiro atoms. The van der Waals surface area contributed by atoms with Crippen LogP contribution in [0.4, 0.5) is 5.82 Å². The van der Waals surface area contributed by atoms with E-state index in [1.54, 1.807) is 0 Å². The Balaban J connectivity index is 1.70. The Kier molecular flexibility index (Phi) is 8.54. The van der Waals surface area contributed by atoms with Crippen LogP contribution in [0.2, 0.25) is 5.28 Å². The van der Waals surface area contributed by atoms with Crippen LogP contribution in [0, 0.1) is 12.3 Å². The topological polar surface area (TPSA) is 216 Å². The lowest BCUT2D eigenvalue weighted by atomic mass is 9.90. The highest BCUT2D eigenvalue weighted by Gasteiger charge is 2.49. The largest absolute Gasteiger partial charge is 0.479 e. The number of hydrogen-bond acceptors (Lipinski definition) is 12. The number of nitrogens with zero attached hydrogens (tertiary/aromatic N) is 5. The van der Waals surface area contributed by atoms with Crippen molar-refractivity contribution in [3.8, 4) is 12.3 Å². The number of nitrogen functional groups attached to an aromatic ring is 1. The number of carbonyl (C=O) groups is 2. The zero-order valence-electron chi connectivity index (χ0n) is 21.2. The molecule has 214 valence electrons. The van der Waals surface area contributed by atoms with Gasteiger partial charge in [0.1, 0.15) is 11.6 Å². The van der Waals surface area contributed by atoms with Crippen molar-refractivity contribution in [2.24, 2.45) is 0 Å². The zero-order chi connectivity index (χ0) is 29.9. The van der Waals surface area contributed by atoms with Crippen molar-refractivity contribution in [1.82, 2.24) is 24.5 Å². The van der Waals surface area contributed by atoms with E-state index in [0.717, 1.165) is 22.2 Å². The number of imidazole rings is 1. The predicted molar refractivity (Wildman–Crippen MR) is 145 cm³/mol. The quantitative estimate of drug-likeness (QED) is 0.114. The molecule has 3 aromatic heterocycles. The Morgan fingerprint density at radius 2 is 2.05 bits per heavy atom. The molecule has 0 aliphatic carbocycles. The van der Waals surface area contributed by atoms with Crippen molar-refractivity contribution in [2.45, 2.75) is 30.0 Å². The van der Waals surface area contributed by atoms with Gasteiger partial charge < -0.3 is 35.6 Å². The molecule has 1 aromatic carbocycles. The number of aromatic carboxylic acids is 1.